The third-order valence-corrected chi connectivity index (χ3v) is 2.42. The summed E-state index contributed by atoms with van der Waals surface area (Å²) in [5, 5.41) is 0. The van der Waals surface area contributed by atoms with Crippen molar-refractivity contribution >= 4 is 5.97 Å². The van der Waals surface area contributed by atoms with Gasteiger partial charge in [-0.3, -0.25) is 4.79 Å². The molecule has 0 heterocycles. The predicted molar refractivity (Wildman–Crippen MR) is 64.0 cm³/mol. The summed E-state index contributed by atoms with van der Waals surface area (Å²) in [5.74, 6) is 0.719. The highest BCUT2D eigenvalue weighted by molar-refractivity contribution is 5.74. The van der Waals surface area contributed by atoms with Crippen LogP contribution >= 0.6 is 0 Å². The third kappa shape index (κ3) is 3.37. The zero-order chi connectivity index (χ0) is 13.1. The molecule has 1 aromatic carbocycles. The van der Waals surface area contributed by atoms with E-state index < -0.39 is 11.6 Å². The van der Waals surface area contributed by atoms with E-state index >= 15 is 0 Å². The summed E-state index contributed by atoms with van der Waals surface area (Å²) in [7, 11) is 3.14. The number of carbonyl (C=O) groups excluding carboxylic acids is 1. The molecule has 0 saturated heterocycles. The van der Waals surface area contributed by atoms with Gasteiger partial charge in [0, 0.05) is 11.6 Å². The number of hydrogen-bond acceptors (Lipinski definition) is 4. The fourth-order valence-corrected chi connectivity index (χ4v) is 1.50. The van der Waals surface area contributed by atoms with Gasteiger partial charge < -0.3 is 14.2 Å². The summed E-state index contributed by atoms with van der Waals surface area (Å²) in [6.07, 6.45) is 0. The molecule has 1 rings (SSSR count). The SMILES string of the molecule is [CH2]C(=O)OC(C)(C)c1cc(OC)cc(OC)c1. The lowest BCUT2D eigenvalue weighted by Crippen LogP contribution is -2.24. The Kier molecular flexibility index (Phi) is 3.99. The smallest absolute Gasteiger partial charge is 0.307 e. The van der Waals surface area contributed by atoms with E-state index in [1.165, 1.54) is 0 Å². The Morgan fingerprint density at radius 2 is 1.59 bits per heavy atom. The molecule has 4 heteroatoms. The molecule has 0 aliphatic heterocycles. The van der Waals surface area contributed by atoms with Gasteiger partial charge in [-0.15, -0.1) is 0 Å². The van der Waals surface area contributed by atoms with Crippen molar-refractivity contribution in [2.45, 2.75) is 19.4 Å². The highest BCUT2D eigenvalue weighted by atomic mass is 16.6. The average Bonchev–Trinajstić information content (AvgIpc) is 2.26. The van der Waals surface area contributed by atoms with Crippen molar-refractivity contribution < 1.29 is 19.0 Å². The molecular formula is C13H17O4. The lowest BCUT2D eigenvalue weighted by molar-refractivity contribution is -0.151. The topological polar surface area (TPSA) is 44.8 Å². The fourth-order valence-electron chi connectivity index (χ4n) is 1.50. The Labute approximate surface area is 101 Å². The molecule has 4 nitrogen and oxygen atoms in total. The highest BCUT2D eigenvalue weighted by Gasteiger charge is 2.25. The van der Waals surface area contributed by atoms with Crippen LogP contribution in [0.5, 0.6) is 11.5 Å². The Bertz CT molecular complexity index is 388. The van der Waals surface area contributed by atoms with E-state index in [1.807, 2.05) is 0 Å². The second kappa shape index (κ2) is 5.08. The number of benzene rings is 1. The first-order chi connectivity index (χ1) is 7.89. The number of hydrogen-bond donors (Lipinski definition) is 0. The Morgan fingerprint density at radius 3 is 1.94 bits per heavy atom. The van der Waals surface area contributed by atoms with Gasteiger partial charge in [-0.2, -0.15) is 0 Å². The van der Waals surface area contributed by atoms with Crippen LogP contribution in [0.4, 0.5) is 0 Å². The molecule has 0 aromatic heterocycles. The molecule has 0 saturated carbocycles. The Morgan fingerprint density at radius 1 is 1.12 bits per heavy atom. The number of carbonyl (C=O) groups is 1. The van der Waals surface area contributed by atoms with E-state index in [1.54, 1.807) is 46.3 Å². The number of rotatable bonds is 4. The van der Waals surface area contributed by atoms with Crippen molar-refractivity contribution in [3.05, 3.63) is 30.7 Å². The average molecular weight is 237 g/mol. The van der Waals surface area contributed by atoms with Gasteiger partial charge in [-0.25, -0.2) is 0 Å². The maximum absolute atomic E-state index is 10.9. The fraction of sp³-hybridized carbons (Fsp3) is 0.385. The van der Waals surface area contributed by atoms with Crippen LogP contribution in [0.15, 0.2) is 18.2 Å². The molecule has 93 valence electrons. The molecule has 0 atom stereocenters. The summed E-state index contributed by atoms with van der Waals surface area (Å²) in [4.78, 5) is 10.9. The van der Waals surface area contributed by atoms with Crippen LogP contribution in [0.25, 0.3) is 0 Å². The van der Waals surface area contributed by atoms with Crippen molar-refractivity contribution in [3.8, 4) is 11.5 Å². The monoisotopic (exact) mass is 237 g/mol. The largest absolute Gasteiger partial charge is 0.497 e. The molecule has 17 heavy (non-hydrogen) atoms. The molecule has 0 amide bonds. The van der Waals surface area contributed by atoms with Gasteiger partial charge in [-0.05, 0) is 26.0 Å². The van der Waals surface area contributed by atoms with Gasteiger partial charge >= 0.3 is 5.97 Å². The number of methoxy groups -OCH3 is 2. The first-order valence-corrected chi connectivity index (χ1v) is 5.17. The van der Waals surface area contributed by atoms with Gasteiger partial charge in [0.25, 0.3) is 0 Å². The molecule has 0 aliphatic carbocycles. The lowest BCUT2D eigenvalue weighted by atomic mass is 9.97. The van der Waals surface area contributed by atoms with Gasteiger partial charge in [-0.1, -0.05) is 0 Å². The van der Waals surface area contributed by atoms with Gasteiger partial charge in [0.1, 0.15) is 17.1 Å². The standard InChI is InChI=1S/C13H17O4/c1-9(14)17-13(2,3)10-6-11(15-4)8-12(7-10)16-5/h6-8H,1H2,2-5H3. The van der Waals surface area contributed by atoms with Crippen LogP contribution < -0.4 is 9.47 Å². The van der Waals surface area contributed by atoms with Crippen molar-refractivity contribution in [2.75, 3.05) is 14.2 Å². The zero-order valence-corrected chi connectivity index (χ0v) is 10.6. The van der Waals surface area contributed by atoms with Crippen LogP contribution in [0, 0.1) is 6.92 Å². The van der Waals surface area contributed by atoms with E-state index in [0.717, 1.165) is 5.56 Å². The second-order valence-corrected chi connectivity index (χ2v) is 4.09. The lowest BCUT2D eigenvalue weighted by Gasteiger charge is -2.25. The van der Waals surface area contributed by atoms with Crippen LogP contribution in [-0.4, -0.2) is 20.2 Å². The van der Waals surface area contributed by atoms with Crippen LogP contribution in [0.2, 0.25) is 0 Å². The maximum atomic E-state index is 10.9. The van der Waals surface area contributed by atoms with Gasteiger partial charge in [0.15, 0.2) is 0 Å². The summed E-state index contributed by atoms with van der Waals surface area (Å²) in [6, 6.07) is 5.35. The minimum atomic E-state index is -0.777. The molecular weight excluding hydrogens is 220 g/mol. The first-order valence-electron chi connectivity index (χ1n) is 5.17. The van der Waals surface area contributed by atoms with E-state index in [2.05, 4.69) is 6.92 Å². The molecule has 1 aromatic rings. The van der Waals surface area contributed by atoms with Crippen molar-refractivity contribution in [1.29, 1.82) is 0 Å². The molecule has 0 fully saturated rings. The van der Waals surface area contributed by atoms with E-state index in [4.69, 9.17) is 14.2 Å². The van der Waals surface area contributed by atoms with Crippen molar-refractivity contribution in [3.63, 3.8) is 0 Å². The van der Waals surface area contributed by atoms with Crippen molar-refractivity contribution in [2.24, 2.45) is 0 Å². The molecule has 0 N–H and O–H groups in total. The number of esters is 1. The van der Waals surface area contributed by atoms with Crippen molar-refractivity contribution in [1.82, 2.24) is 0 Å². The summed E-state index contributed by atoms with van der Waals surface area (Å²) < 4.78 is 15.5. The van der Waals surface area contributed by atoms with Gasteiger partial charge in [0.05, 0.1) is 21.1 Å². The summed E-state index contributed by atoms with van der Waals surface area (Å²) in [5.41, 5.74) is 0.00593. The molecule has 0 bridgehead atoms. The minimum absolute atomic E-state index is 0.572. The normalized spacial score (nSPS) is 10.9. The van der Waals surface area contributed by atoms with Gasteiger partial charge in [0.2, 0.25) is 0 Å². The third-order valence-electron chi connectivity index (χ3n) is 2.42. The van der Waals surface area contributed by atoms with Crippen LogP contribution in [-0.2, 0) is 15.1 Å². The minimum Gasteiger partial charge on any atom is -0.497 e. The second-order valence-electron chi connectivity index (χ2n) is 4.09. The molecule has 1 radical (unpaired) electrons. The zero-order valence-electron chi connectivity index (χ0n) is 10.6. The summed E-state index contributed by atoms with van der Waals surface area (Å²) in [6.45, 7) is 6.77. The molecule has 0 aliphatic rings. The Balaban J connectivity index is 3.15. The maximum Gasteiger partial charge on any atom is 0.307 e. The summed E-state index contributed by atoms with van der Waals surface area (Å²) >= 11 is 0. The highest BCUT2D eigenvalue weighted by Crippen LogP contribution is 2.31. The molecule has 0 spiro atoms. The van der Waals surface area contributed by atoms with Crippen LogP contribution in [0.3, 0.4) is 0 Å². The predicted octanol–water partition coefficient (Wildman–Crippen LogP) is 2.32. The first kappa shape index (κ1) is 13.4. The number of ether oxygens (including phenoxy) is 3. The molecule has 0 unspecified atom stereocenters. The van der Waals surface area contributed by atoms with E-state index in [9.17, 15) is 4.79 Å². The van der Waals surface area contributed by atoms with E-state index in [-0.39, 0.29) is 0 Å². The van der Waals surface area contributed by atoms with E-state index in [0.29, 0.717) is 11.5 Å². The quantitative estimate of drug-likeness (QED) is 0.754. The van der Waals surface area contributed by atoms with Crippen LogP contribution in [0.1, 0.15) is 19.4 Å². The Hall–Kier alpha value is -1.71.